The lowest BCUT2D eigenvalue weighted by molar-refractivity contribution is -0.150. The summed E-state index contributed by atoms with van der Waals surface area (Å²) in [5, 5.41) is 0. The Kier molecular flexibility index (Phi) is 13.8. The lowest BCUT2D eigenvalue weighted by Gasteiger charge is -2.38. The lowest BCUT2D eigenvalue weighted by Crippen LogP contribution is -2.38. The Hall–Kier alpha value is -5.23. The Bertz CT molecular complexity index is 2460. The van der Waals surface area contributed by atoms with E-state index < -0.39 is 80.0 Å². The fraction of sp³-hybridized carbons (Fsp3) is 0.488. The summed E-state index contributed by atoms with van der Waals surface area (Å²) in [6.07, 6.45) is -3.11. The molecule has 332 valence electrons. The van der Waals surface area contributed by atoms with Crippen LogP contribution in [0.25, 0.3) is 11.1 Å². The summed E-state index contributed by atoms with van der Waals surface area (Å²) in [5.41, 5.74) is 2.43. The number of rotatable bonds is 15. The molecule has 7 rings (SSSR count). The van der Waals surface area contributed by atoms with Crippen molar-refractivity contribution < 1.29 is 42.3 Å². The van der Waals surface area contributed by atoms with E-state index in [2.05, 4.69) is 9.97 Å². The van der Waals surface area contributed by atoms with Gasteiger partial charge >= 0.3 is 23.5 Å². The highest BCUT2D eigenvalue weighted by molar-refractivity contribution is 7.44. The Morgan fingerprint density at radius 2 is 1.23 bits per heavy atom. The monoisotopic (exact) mass is 877 g/mol. The molecule has 2 aromatic heterocycles. The number of aryl methyl sites for hydroxylation is 2. The first-order valence-electron chi connectivity index (χ1n) is 20.6. The van der Waals surface area contributed by atoms with E-state index in [-0.39, 0.29) is 56.2 Å². The van der Waals surface area contributed by atoms with Gasteiger partial charge in [-0.05, 0) is 63.8 Å². The molecule has 2 N–H and O–H groups in total. The second kappa shape index (κ2) is 19.0. The van der Waals surface area contributed by atoms with Crippen molar-refractivity contribution in [3.05, 3.63) is 125 Å². The zero-order chi connectivity index (χ0) is 44.4. The van der Waals surface area contributed by atoms with Gasteiger partial charge in [0, 0.05) is 61.3 Å². The summed E-state index contributed by atoms with van der Waals surface area (Å²) in [4.78, 5) is 80.3. The molecular formula is C43H52N5O13P. The van der Waals surface area contributed by atoms with E-state index in [0.29, 0.717) is 5.56 Å². The van der Waals surface area contributed by atoms with Gasteiger partial charge in [-0.25, -0.2) is 19.1 Å². The van der Waals surface area contributed by atoms with E-state index in [1.165, 1.54) is 28.5 Å². The third kappa shape index (κ3) is 9.70. The molecule has 19 heteroatoms. The molecule has 2 aromatic carbocycles. The Morgan fingerprint density at radius 1 is 0.742 bits per heavy atom. The maximum atomic E-state index is 13.3. The minimum atomic E-state index is -1.98. The minimum absolute atomic E-state index is 0.0404. The number of H-pyrrole nitrogens is 2. The first-order valence-corrected chi connectivity index (χ1v) is 21.7. The molecule has 0 spiro atoms. The molecule has 0 saturated carbocycles. The van der Waals surface area contributed by atoms with Crippen molar-refractivity contribution in [1.82, 2.24) is 23.8 Å². The predicted molar refractivity (Wildman–Crippen MR) is 226 cm³/mol. The summed E-state index contributed by atoms with van der Waals surface area (Å²) in [5.74, 6) is -0.742. The van der Waals surface area contributed by atoms with E-state index in [1.807, 2.05) is 80.9 Å². The molecule has 0 bridgehead atoms. The normalized spacial score (nSPS) is 22.5. The summed E-state index contributed by atoms with van der Waals surface area (Å²) < 4.78 is 47.6. The van der Waals surface area contributed by atoms with Crippen molar-refractivity contribution in [2.75, 3.05) is 19.8 Å². The zero-order valence-corrected chi connectivity index (χ0v) is 36.5. The van der Waals surface area contributed by atoms with Gasteiger partial charge in [0.05, 0.1) is 12.7 Å². The fourth-order valence-corrected chi connectivity index (χ4v) is 10.0. The summed E-state index contributed by atoms with van der Waals surface area (Å²) in [6.45, 7) is 11.9. The van der Waals surface area contributed by atoms with Crippen molar-refractivity contribution >= 4 is 20.7 Å². The Morgan fingerprint density at radius 3 is 1.74 bits per heavy atom. The highest BCUT2D eigenvalue weighted by atomic mass is 31.2. The summed E-state index contributed by atoms with van der Waals surface area (Å²) in [7, 11) is -1.98. The molecule has 18 nitrogen and oxygen atoms in total. The number of fused-ring (bicyclic) bond motifs is 3. The topological polar surface area (TPSA) is 212 Å². The van der Waals surface area contributed by atoms with Crippen LogP contribution in [0.3, 0.4) is 0 Å². The van der Waals surface area contributed by atoms with E-state index in [0.717, 1.165) is 22.3 Å². The summed E-state index contributed by atoms with van der Waals surface area (Å²) >= 11 is 0. The molecule has 1 unspecified atom stereocenters. The van der Waals surface area contributed by atoms with Crippen molar-refractivity contribution in [2.24, 2.45) is 0 Å². The average molecular weight is 878 g/mol. The number of carbonyl (C=O) groups is 2. The van der Waals surface area contributed by atoms with Crippen LogP contribution in [0.4, 0.5) is 4.79 Å². The third-order valence-electron chi connectivity index (χ3n) is 11.1. The van der Waals surface area contributed by atoms with Gasteiger partial charge < -0.3 is 32.7 Å². The van der Waals surface area contributed by atoms with Crippen LogP contribution in [0.1, 0.15) is 88.1 Å². The van der Waals surface area contributed by atoms with Crippen molar-refractivity contribution in [1.29, 1.82) is 0 Å². The second-order valence-electron chi connectivity index (χ2n) is 16.2. The molecule has 1 aliphatic carbocycles. The number of carbonyl (C=O) groups excluding carboxylic acids is 2. The summed E-state index contributed by atoms with van der Waals surface area (Å²) in [6, 6.07) is 15.7. The molecule has 7 atom stereocenters. The number of aromatic amines is 2. The number of ether oxygens (including phenoxy) is 5. The maximum Gasteiger partial charge on any atom is 0.508 e. The molecule has 2 fully saturated rings. The largest absolute Gasteiger partial charge is 0.508 e. The molecule has 4 heterocycles. The predicted octanol–water partition coefficient (Wildman–Crippen LogP) is 4.92. The van der Waals surface area contributed by atoms with E-state index in [4.69, 9.17) is 32.7 Å². The Labute approximate surface area is 358 Å². The van der Waals surface area contributed by atoms with Crippen LogP contribution in [0.15, 0.2) is 80.1 Å². The third-order valence-corrected chi connectivity index (χ3v) is 13.2. The standard InChI is InChI=1S/C43H52N5O13P/c1-23(2)48(24(3)4)62(57-22-36-33(58-27(7)49)16-37(60-36)46-18-25(5)39(50)44-41(46)52)61-34-17-38(47-19-26(6)40(51)45-42(47)53)59-35(34)21-56-43(54)55-20-32-30-14-10-8-12-28(30)29-13-9-11-15-31(29)32/h8-15,18-19,23-24,32-38H,16-17,20-22H2,1-7H3,(H,44,50,52)(H,45,51,53)/t33-,34-,35+,36+,37+,38+,62?/m0/s1. The highest BCUT2D eigenvalue weighted by Gasteiger charge is 2.45. The number of esters is 1. The van der Waals surface area contributed by atoms with Gasteiger partial charge in [-0.3, -0.25) is 33.5 Å². The number of hydrogen-bond donors (Lipinski definition) is 2. The fourth-order valence-electron chi connectivity index (χ4n) is 8.25. The SMILES string of the molecule is CC(=O)O[C@H]1C[C@H](n2cc(C)c(=O)[nH]c2=O)O[C@@H]1COP(O[C@H]1C[C@H](n2cc(C)c(=O)[nH]c2=O)O[C@@H]1COC(=O)OCC1c2ccccc2-c2ccccc21)N(C(C)C)C(C)C. The van der Waals surface area contributed by atoms with Crippen LogP contribution in [0.2, 0.25) is 0 Å². The van der Waals surface area contributed by atoms with Crippen molar-refractivity contribution in [3.63, 3.8) is 0 Å². The molecule has 2 aliphatic heterocycles. The van der Waals surface area contributed by atoms with Gasteiger partial charge in [0.25, 0.3) is 19.6 Å². The molecule has 62 heavy (non-hydrogen) atoms. The highest BCUT2D eigenvalue weighted by Crippen LogP contribution is 2.51. The van der Waals surface area contributed by atoms with Crippen LogP contribution in [0, 0.1) is 13.8 Å². The van der Waals surface area contributed by atoms with Crippen molar-refractivity contribution in [3.8, 4) is 11.1 Å². The van der Waals surface area contributed by atoms with Gasteiger partial charge in [0.2, 0.25) is 0 Å². The van der Waals surface area contributed by atoms with Gasteiger partial charge in [0.1, 0.15) is 44.0 Å². The van der Waals surface area contributed by atoms with E-state index in [1.54, 1.807) is 13.8 Å². The van der Waals surface area contributed by atoms with Crippen LogP contribution < -0.4 is 22.5 Å². The molecule has 0 radical (unpaired) electrons. The molecule has 4 aromatic rings. The number of aromatic nitrogens is 4. The van der Waals surface area contributed by atoms with Gasteiger partial charge in [0.15, 0.2) is 0 Å². The van der Waals surface area contributed by atoms with E-state index >= 15 is 0 Å². The number of nitrogens with one attached hydrogen (secondary N) is 2. The molecule has 3 aliphatic rings. The molecular weight excluding hydrogens is 825 g/mol. The first kappa shape index (κ1) is 44.8. The van der Waals surface area contributed by atoms with E-state index in [9.17, 15) is 28.8 Å². The smallest absolute Gasteiger partial charge is 0.460 e. The van der Waals surface area contributed by atoms with Crippen LogP contribution >= 0.6 is 8.53 Å². The minimum Gasteiger partial charge on any atom is -0.460 e. The van der Waals surface area contributed by atoms with Gasteiger partial charge in [-0.15, -0.1) is 0 Å². The molecule has 0 amide bonds. The van der Waals surface area contributed by atoms with Crippen LogP contribution in [0.5, 0.6) is 0 Å². The Balaban J connectivity index is 1.10. The van der Waals surface area contributed by atoms with Crippen LogP contribution in [-0.2, 0) is 37.5 Å². The average Bonchev–Trinajstić information content (AvgIpc) is 3.91. The number of hydrogen-bond acceptors (Lipinski definition) is 14. The van der Waals surface area contributed by atoms with Gasteiger partial charge in [-0.1, -0.05) is 48.5 Å². The number of benzene rings is 2. The van der Waals surface area contributed by atoms with Crippen molar-refractivity contribution in [2.45, 2.75) is 116 Å². The maximum absolute atomic E-state index is 13.3. The zero-order valence-electron chi connectivity index (χ0n) is 35.6. The first-order chi connectivity index (χ1) is 29.6. The molecule has 2 saturated heterocycles. The number of nitrogens with zero attached hydrogens (tertiary/aromatic N) is 3. The quantitative estimate of drug-likeness (QED) is 0.120. The lowest BCUT2D eigenvalue weighted by atomic mass is 9.98. The van der Waals surface area contributed by atoms with Crippen LogP contribution in [-0.4, -0.2) is 92.2 Å². The van der Waals surface area contributed by atoms with Gasteiger partial charge in [-0.2, -0.15) is 0 Å². The second-order valence-corrected chi connectivity index (χ2v) is 17.6.